The predicted molar refractivity (Wildman–Crippen MR) is 114 cm³/mol. The summed E-state index contributed by atoms with van der Waals surface area (Å²) in [6.07, 6.45) is 7.62. The third kappa shape index (κ3) is 4.83. The molecular formula is C22H28N4O2S. The first-order valence-corrected chi connectivity index (χ1v) is 11.4. The van der Waals surface area contributed by atoms with Gasteiger partial charge in [-0.3, -0.25) is 9.59 Å². The van der Waals surface area contributed by atoms with Crippen LogP contribution in [0.25, 0.3) is 0 Å². The fraction of sp³-hybridized carbons (Fsp3) is 0.545. The highest BCUT2D eigenvalue weighted by Crippen LogP contribution is 2.32. The second-order valence-electron chi connectivity index (χ2n) is 8.22. The van der Waals surface area contributed by atoms with Gasteiger partial charge in [0, 0.05) is 30.6 Å². The molecule has 1 N–H and O–H groups in total. The average Bonchev–Trinajstić information content (AvgIpc) is 3.26. The lowest BCUT2D eigenvalue weighted by molar-refractivity contribution is -0.137. The van der Waals surface area contributed by atoms with Gasteiger partial charge in [0.1, 0.15) is 5.01 Å². The van der Waals surface area contributed by atoms with E-state index in [1.165, 1.54) is 30.6 Å². The van der Waals surface area contributed by atoms with Gasteiger partial charge in [-0.2, -0.15) is 0 Å². The van der Waals surface area contributed by atoms with Crippen molar-refractivity contribution in [2.45, 2.75) is 57.8 Å². The van der Waals surface area contributed by atoms with Crippen molar-refractivity contribution in [3.8, 4) is 0 Å². The number of anilines is 1. The first-order valence-electron chi connectivity index (χ1n) is 10.6. The maximum Gasteiger partial charge on any atom is 0.286 e. The summed E-state index contributed by atoms with van der Waals surface area (Å²) in [7, 11) is 0. The molecule has 4 rings (SSSR count). The highest BCUT2D eigenvalue weighted by molar-refractivity contribution is 7.13. The minimum absolute atomic E-state index is 0.176. The van der Waals surface area contributed by atoms with Gasteiger partial charge in [-0.1, -0.05) is 48.3 Å². The van der Waals surface area contributed by atoms with E-state index in [0.29, 0.717) is 17.5 Å². The monoisotopic (exact) mass is 412 g/mol. The van der Waals surface area contributed by atoms with E-state index >= 15 is 0 Å². The van der Waals surface area contributed by atoms with Gasteiger partial charge in [-0.25, -0.2) is 0 Å². The van der Waals surface area contributed by atoms with Gasteiger partial charge in [0.2, 0.25) is 10.9 Å². The van der Waals surface area contributed by atoms with Crippen molar-refractivity contribution in [2.24, 2.45) is 5.92 Å². The van der Waals surface area contributed by atoms with Crippen molar-refractivity contribution in [3.63, 3.8) is 0 Å². The summed E-state index contributed by atoms with van der Waals surface area (Å²) >= 11 is 1.35. The number of nitrogens with zero attached hydrogens (tertiary/aromatic N) is 3. The molecule has 6 nitrogen and oxygen atoms in total. The van der Waals surface area contributed by atoms with E-state index in [0.717, 1.165) is 48.5 Å². The Hall–Kier alpha value is -2.28. The molecule has 2 fully saturated rings. The standard InChI is InChI=1S/C22H28N4O2S/c1-15-9-11-18(12-10-15)23-19(27)21-25-24-20(29-21)17-8-5-13-26(14-17)22(28)16-6-3-2-4-7-16/h9-12,16-17H,2-8,13-14H2,1H3,(H,23,27)/t17-/m0/s1. The summed E-state index contributed by atoms with van der Waals surface area (Å²) in [4.78, 5) is 27.4. The first kappa shape index (κ1) is 20.0. The number of likely N-dealkylation sites (tertiary alicyclic amines) is 1. The van der Waals surface area contributed by atoms with Gasteiger partial charge in [0.15, 0.2) is 0 Å². The maximum atomic E-state index is 12.9. The Morgan fingerprint density at radius 1 is 1.03 bits per heavy atom. The number of aromatic nitrogens is 2. The minimum atomic E-state index is -0.233. The Labute approximate surface area is 175 Å². The molecule has 0 spiro atoms. The molecule has 1 aromatic heterocycles. The predicted octanol–water partition coefficient (Wildman–Crippen LogP) is 4.39. The van der Waals surface area contributed by atoms with Crippen LogP contribution in [0.15, 0.2) is 24.3 Å². The van der Waals surface area contributed by atoms with Crippen LogP contribution in [-0.2, 0) is 4.79 Å². The molecule has 2 aromatic rings. The highest BCUT2D eigenvalue weighted by atomic mass is 32.1. The Balaban J connectivity index is 1.38. The molecular weight excluding hydrogens is 384 g/mol. The smallest absolute Gasteiger partial charge is 0.286 e. The zero-order valence-electron chi connectivity index (χ0n) is 16.9. The molecule has 154 valence electrons. The summed E-state index contributed by atoms with van der Waals surface area (Å²) in [5, 5.41) is 12.5. The Bertz CT molecular complexity index is 858. The zero-order valence-corrected chi connectivity index (χ0v) is 17.7. The lowest BCUT2D eigenvalue weighted by Gasteiger charge is -2.35. The molecule has 1 aliphatic heterocycles. The number of carbonyl (C=O) groups excluding carboxylic acids is 2. The van der Waals surface area contributed by atoms with Crippen molar-refractivity contribution in [1.82, 2.24) is 15.1 Å². The van der Waals surface area contributed by atoms with Gasteiger partial charge in [-0.15, -0.1) is 10.2 Å². The molecule has 0 unspecified atom stereocenters. The zero-order chi connectivity index (χ0) is 20.2. The third-order valence-corrected chi connectivity index (χ3v) is 7.07. The van der Waals surface area contributed by atoms with Crippen molar-refractivity contribution in [1.29, 1.82) is 0 Å². The SMILES string of the molecule is Cc1ccc(NC(=O)c2nnc([C@H]3CCCN(C(=O)C4CCCCC4)C3)s2)cc1. The number of piperidine rings is 1. The summed E-state index contributed by atoms with van der Waals surface area (Å²) in [6, 6.07) is 7.68. The second kappa shape index (κ2) is 9.03. The van der Waals surface area contributed by atoms with Crippen LogP contribution in [0.2, 0.25) is 0 Å². The molecule has 2 amide bonds. The molecule has 0 radical (unpaired) electrons. The van der Waals surface area contributed by atoms with Crippen LogP contribution >= 0.6 is 11.3 Å². The van der Waals surface area contributed by atoms with Crippen molar-refractivity contribution in [2.75, 3.05) is 18.4 Å². The molecule has 1 aliphatic carbocycles. The Morgan fingerprint density at radius 2 is 1.79 bits per heavy atom. The van der Waals surface area contributed by atoms with E-state index in [4.69, 9.17) is 0 Å². The van der Waals surface area contributed by atoms with Gasteiger partial charge in [-0.05, 0) is 44.7 Å². The van der Waals surface area contributed by atoms with Gasteiger partial charge in [0.05, 0.1) is 0 Å². The Kier molecular flexibility index (Phi) is 6.23. The molecule has 1 aromatic carbocycles. The lowest BCUT2D eigenvalue weighted by atomic mass is 9.87. The van der Waals surface area contributed by atoms with Crippen LogP contribution in [0.5, 0.6) is 0 Å². The lowest BCUT2D eigenvalue weighted by Crippen LogP contribution is -2.42. The largest absolute Gasteiger partial charge is 0.342 e. The van der Waals surface area contributed by atoms with Gasteiger partial charge < -0.3 is 10.2 Å². The van der Waals surface area contributed by atoms with Crippen molar-refractivity contribution in [3.05, 3.63) is 39.8 Å². The average molecular weight is 413 g/mol. The normalized spacial score (nSPS) is 20.4. The molecule has 1 atom stereocenters. The molecule has 2 aliphatic rings. The summed E-state index contributed by atoms with van der Waals surface area (Å²) in [5.41, 5.74) is 1.89. The fourth-order valence-corrected chi connectivity index (χ4v) is 5.16. The number of carbonyl (C=O) groups is 2. The third-order valence-electron chi connectivity index (χ3n) is 5.98. The fourth-order valence-electron chi connectivity index (χ4n) is 4.30. The van der Waals surface area contributed by atoms with Crippen LogP contribution in [0.4, 0.5) is 5.69 Å². The Morgan fingerprint density at radius 3 is 2.55 bits per heavy atom. The van der Waals surface area contributed by atoms with Gasteiger partial charge >= 0.3 is 0 Å². The van der Waals surface area contributed by atoms with Crippen LogP contribution < -0.4 is 5.32 Å². The van der Waals surface area contributed by atoms with Crippen LogP contribution in [-0.4, -0.2) is 40.0 Å². The maximum absolute atomic E-state index is 12.9. The molecule has 7 heteroatoms. The topological polar surface area (TPSA) is 75.2 Å². The minimum Gasteiger partial charge on any atom is -0.342 e. The second-order valence-corrected chi connectivity index (χ2v) is 9.23. The molecule has 29 heavy (non-hydrogen) atoms. The molecule has 0 bridgehead atoms. The van der Waals surface area contributed by atoms with Crippen molar-refractivity contribution >= 4 is 28.8 Å². The number of rotatable bonds is 4. The van der Waals surface area contributed by atoms with Crippen molar-refractivity contribution < 1.29 is 9.59 Å². The molecule has 2 heterocycles. The highest BCUT2D eigenvalue weighted by Gasteiger charge is 2.32. The number of hydrogen-bond donors (Lipinski definition) is 1. The van der Waals surface area contributed by atoms with E-state index in [-0.39, 0.29) is 17.7 Å². The van der Waals surface area contributed by atoms with Crippen LogP contribution in [0.1, 0.15) is 71.2 Å². The number of benzene rings is 1. The van der Waals surface area contributed by atoms with E-state index in [2.05, 4.69) is 15.5 Å². The summed E-state index contributed by atoms with van der Waals surface area (Å²) < 4.78 is 0. The van der Waals surface area contributed by atoms with E-state index < -0.39 is 0 Å². The van der Waals surface area contributed by atoms with E-state index in [1.54, 1.807) is 0 Å². The van der Waals surface area contributed by atoms with Crippen LogP contribution in [0, 0.1) is 12.8 Å². The number of nitrogens with one attached hydrogen (secondary N) is 1. The molecule has 1 saturated carbocycles. The number of hydrogen-bond acceptors (Lipinski definition) is 5. The number of amides is 2. The number of aryl methyl sites for hydroxylation is 1. The quantitative estimate of drug-likeness (QED) is 0.808. The van der Waals surface area contributed by atoms with Crippen LogP contribution in [0.3, 0.4) is 0 Å². The molecule has 1 saturated heterocycles. The summed E-state index contributed by atoms with van der Waals surface area (Å²) in [5.74, 6) is 0.460. The van der Waals surface area contributed by atoms with E-state index in [9.17, 15) is 9.59 Å². The van der Waals surface area contributed by atoms with Gasteiger partial charge in [0.25, 0.3) is 5.91 Å². The summed E-state index contributed by atoms with van der Waals surface area (Å²) in [6.45, 7) is 3.55. The van der Waals surface area contributed by atoms with E-state index in [1.807, 2.05) is 36.1 Å². The first-order chi connectivity index (χ1) is 14.1.